The van der Waals surface area contributed by atoms with Crippen molar-refractivity contribution in [3.63, 3.8) is 0 Å². The molecule has 1 unspecified atom stereocenters. The Morgan fingerprint density at radius 3 is 1.85 bits per heavy atom. The monoisotopic (exact) mass is 370 g/mol. The van der Waals surface area contributed by atoms with Gasteiger partial charge in [-0.1, -0.05) is 77.6 Å². The summed E-state index contributed by atoms with van der Waals surface area (Å²) in [4.78, 5) is 15.1. The number of hydrogen-bond donors (Lipinski definition) is 4. The van der Waals surface area contributed by atoms with Gasteiger partial charge in [-0.05, 0) is 25.8 Å². The van der Waals surface area contributed by atoms with Crippen LogP contribution in [0.1, 0.15) is 96.8 Å². The number of guanidine groups is 1. The Hall–Kier alpha value is -1.30. The van der Waals surface area contributed by atoms with Crippen molar-refractivity contribution in [1.82, 2.24) is 5.32 Å². The number of carboxylic acid groups (broad SMARTS) is 1. The largest absolute Gasteiger partial charge is 0.480 e. The van der Waals surface area contributed by atoms with Gasteiger partial charge in [0, 0.05) is 6.54 Å². The summed E-state index contributed by atoms with van der Waals surface area (Å²) in [5.74, 6) is -0.741. The van der Waals surface area contributed by atoms with Gasteiger partial charge >= 0.3 is 5.97 Å². The van der Waals surface area contributed by atoms with Crippen LogP contribution < -0.4 is 16.8 Å². The molecule has 0 saturated carbocycles. The summed E-state index contributed by atoms with van der Waals surface area (Å²) in [6, 6.07) is -0.503. The first-order valence-corrected chi connectivity index (χ1v) is 10.6. The second-order valence-electron chi connectivity index (χ2n) is 7.18. The molecule has 0 bridgehead atoms. The van der Waals surface area contributed by atoms with Gasteiger partial charge in [-0.2, -0.15) is 0 Å². The molecule has 0 saturated heterocycles. The van der Waals surface area contributed by atoms with E-state index < -0.39 is 12.0 Å². The first-order valence-electron chi connectivity index (χ1n) is 10.6. The third kappa shape index (κ3) is 17.5. The summed E-state index contributed by atoms with van der Waals surface area (Å²) in [7, 11) is 0. The van der Waals surface area contributed by atoms with Crippen molar-refractivity contribution in [2.24, 2.45) is 16.5 Å². The Labute approximate surface area is 160 Å². The number of nitrogens with one attached hydrogen (secondary N) is 1. The fraction of sp³-hybridized carbons (Fsp3) is 0.900. The van der Waals surface area contributed by atoms with Crippen LogP contribution in [0.3, 0.4) is 0 Å². The highest BCUT2D eigenvalue weighted by atomic mass is 16.4. The molecule has 0 spiro atoms. The van der Waals surface area contributed by atoms with Crippen molar-refractivity contribution >= 4 is 11.9 Å². The van der Waals surface area contributed by atoms with Crippen LogP contribution >= 0.6 is 0 Å². The Bertz CT molecular complexity index is 358. The van der Waals surface area contributed by atoms with Gasteiger partial charge in [0.1, 0.15) is 6.04 Å². The second kappa shape index (κ2) is 18.5. The highest BCUT2D eigenvalue weighted by Gasteiger charge is 2.15. The van der Waals surface area contributed by atoms with Gasteiger partial charge in [0.15, 0.2) is 5.96 Å². The first kappa shape index (κ1) is 24.7. The van der Waals surface area contributed by atoms with Gasteiger partial charge in [0.2, 0.25) is 0 Å². The van der Waals surface area contributed by atoms with Gasteiger partial charge in [-0.15, -0.1) is 0 Å². The Morgan fingerprint density at radius 2 is 1.38 bits per heavy atom. The number of carbonyl (C=O) groups is 1. The predicted molar refractivity (Wildman–Crippen MR) is 110 cm³/mol. The van der Waals surface area contributed by atoms with Crippen molar-refractivity contribution in [2.75, 3.05) is 13.1 Å². The third-order valence-electron chi connectivity index (χ3n) is 4.66. The van der Waals surface area contributed by atoms with Gasteiger partial charge < -0.3 is 21.9 Å². The van der Waals surface area contributed by atoms with Gasteiger partial charge in [0.05, 0.1) is 0 Å². The molecule has 1 atom stereocenters. The number of aliphatic imine (C=N–C) groups is 1. The van der Waals surface area contributed by atoms with E-state index in [4.69, 9.17) is 11.5 Å². The molecule has 6 heteroatoms. The van der Waals surface area contributed by atoms with Crippen LogP contribution in [0.4, 0.5) is 0 Å². The van der Waals surface area contributed by atoms with E-state index in [-0.39, 0.29) is 5.96 Å². The number of nitrogens with two attached hydrogens (primary N) is 2. The second-order valence-corrected chi connectivity index (χ2v) is 7.18. The summed E-state index contributed by atoms with van der Waals surface area (Å²) in [5, 5.41) is 12.4. The zero-order chi connectivity index (χ0) is 19.5. The van der Waals surface area contributed by atoms with E-state index in [1.807, 2.05) is 0 Å². The molecule has 0 aliphatic rings. The molecule has 6 nitrogen and oxygen atoms in total. The van der Waals surface area contributed by atoms with Crippen molar-refractivity contribution in [1.29, 1.82) is 0 Å². The molecule has 0 aliphatic carbocycles. The van der Waals surface area contributed by atoms with Crippen molar-refractivity contribution in [3.8, 4) is 0 Å². The lowest BCUT2D eigenvalue weighted by Gasteiger charge is -2.13. The van der Waals surface area contributed by atoms with Gasteiger partial charge in [-0.3, -0.25) is 9.79 Å². The molecule has 0 fully saturated rings. The van der Waals surface area contributed by atoms with E-state index in [1.165, 1.54) is 70.6 Å². The van der Waals surface area contributed by atoms with Crippen molar-refractivity contribution in [3.05, 3.63) is 0 Å². The summed E-state index contributed by atoms with van der Waals surface area (Å²) in [6.07, 6.45) is 16.9. The van der Waals surface area contributed by atoms with Crippen LogP contribution in [0.5, 0.6) is 0 Å². The quantitative estimate of drug-likeness (QED) is 0.157. The summed E-state index contributed by atoms with van der Waals surface area (Å²) < 4.78 is 0. The molecule has 0 aromatic rings. The minimum absolute atomic E-state index is 0.0568. The molecule has 0 aliphatic heterocycles. The lowest BCUT2D eigenvalue weighted by molar-refractivity contribution is -0.139. The lowest BCUT2D eigenvalue weighted by atomic mass is 10.1. The molecule has 0 aromatic heterocycles. The summed E-state index contributed by atoms with van der Waals surface area (Å²) >= 11 is 0. The fourth-order valence-corrected chi connectivity index (χ4v) is 3.06. The number of rotatable bonds is 19. The number of unbranched alkanes of at least 4 members (excludes halogenated alkanes) is 11. The molecule has 0 aromatic carbocycles. The predicted octanol–water partition coefficient (Wildman–Crippen LogP) is 3.78. The first-order chi connectivity index (χ1) is 12.6. The average Bonchev–Trinajstić information content (AvgIpc) is 2.60. The Kier molecular flexibility index (Phi) is 17.6. The minimum atomic E-state index is -0.798. The number of hydrogen-bond acceptors (Lipinski definition) is 3. The molecule has 26 heavy (non-hydrogen) atoms. The Balaban J connectivity index is 3.45. The van der Waals surface area contributed by atoms with E-state index in [0.717, 1.165) is 13.0 Å². The van der Waals surface area contributed by atoms with Gasteiger partial charge in [-0.25, -0.2) is 0 Å². The lowest BCUT2D eigenvalue weighted by Crippen LogP contribution is -2.37. The fourth-order valence-electron chi connectivity index (χ4n) is 3.06. The van der Waals surface area contributed by atoms with Crippen LogP contribution in [0, 0.1) is 0 Å². The number of nitrogens with zero attached hydrogens (tertiary/aromatic N) is 1. The van der Waals surface area contributed by atoms with E-state index >= 15 is 0 Å². The highest BCUT2D eigenvalue weighted by molar-refractivity contribution is 5.75. The number of aliphatic carboxylic acids is 1. The Morgan fingerprint density at radius 1 is 0.885 bits per heavy atom. The van der Waals surface area contributed by atoms with Crippen molar-refractivity contribution < 1.29 is 9.90 Å². The van der Waals surface area contributed by atoms with Gasteiger partial charge in [0.25, 0.3) is 0 Å². The van der Waals surface area contributed by atoms with Crippen molar-refractivity contribution in [2.45, 2.75) is 103 Å². The summed E-state index contributed by atoms with van der Waals surface area (Å²) in [6.45, 7) is 3.50. The average molecular weight is 371 g/mol. The topological polar surface area (TPSA) is 114 Å². The molecular formula is C20H42N4O2. The van der Waals surface area contributed by atoms with E-state index in [9.17, 15) is 9.90 Å². The molecular weight excluding hydrogens is 328 g/mol. The van der Waals surface area contributed by atoms with E-state index in [0.29, 0.717) is 19.4 Å². The zero-order valence-electron chi connectivity index (χ0n) is 16.8. The molecule has 0 rings (SSSR count). The van der Waals surface area contributed by atoms with Crippen LogP contribution in [0.2, 0.25) is 0 Å². The standard InChI is InChI=1S/C20H42N4O2/c1-2-3-4-5-6-7-8-9-10-11-12-13-16-23-18(19(25)26)15-14-17-24-20(21)22/h18,23H,2-17H2,1H3,(H,25,26)(H4,21,22,24). The minimum Gasteiger partial charge on any atom is -0.480 e. The van der Waals surface area contributed by atoms with Crippen LogP contribution in [-0.2, 0) is 4.79 Å². The third-order valence-corrected chi connectivity index (χ3v) is 4.66. The van der Waals surface area contributed by atoms with E-state index in [1.54, 1.807) is 0 Å². The SMILES string of the molecule is CCCCCCCCCCCCCCNC(CCCN=C(N)N)C(=O)O. The van der Waals surface area contributed by atoms with E-state index in [2.05, 4.69) is 17.2 Å². The van der Waals surface area contributed by atoms with Crippen LogP contribution in [-0.4, -0.2) is 36.2 Å². The smallest absolute Gasteiger partial charge is 0.320 e. The highest BCUT2D eigenvalue weighted by Crippen LogP contribution is 2.11. The maximum atomic E-state index is 11.2. The summed E-state index contributed by atoms with van der Waals surface area (Å²) in [5.41, 5.74) is 10.5. The molecule has 6 N–H and O–H groups in total. The molecule has 0 heterocycles. The van der Waals surface area contributed by atoms with Crippen LogP contribution in [0.15, 0.2) is 4.99 Å². The van der Waals surface area contributed by atoms with Crippen LogP contribution in [0.25, 0.3) is 0 Å². The molecule has 0 radical (unpaired) electrons. The molecule has 154 valence electrons. The maximum Gasteiger partial charge on any atom is 0.320 e. The maximum absolute atomic E-state index is 11.2. The number of carboxylic acids is 1. The normalized spacial score (nSPS) is 12.0. The molecule has 0 amide bonds. The zero-order valence-corrected chi connectivity index (χ0v) is 16.8.